The summed E-state index contributed by atoms with van der Waals surface area (Å²) in [5.41, 5.74) is 4.22. The molecular weight excluding hydrogens is 480 g/mol. The number of nitrogens with zero attached hydrogens (tertiary/aromatic N) is 4. The van der Waals surface area contributed by atoms with Gasteiger partial charge in [0.2, 0.25) is 10.0 Å². The summed E-state index contributed by atoms with van der Waals surface area (Å²) in [7, 11) is -3.37. The summed E-state index contributed by atoms with van der Waals surface area (Å²) in [4.78, 5) is 11.1. The molecule has 4 heterocycles. The largest absolute Gasteiger partial charge is 0.351 e. The van der Waals surface area contributed by atoms with Gasteiger partial charge in [-0.05, 0) is 72.9 Å². The number of pyridine rings is 2. The summed E-state index contributed by atoms with van der Waals surface area (Å²) in [5, 5.41) is 4.02. The van der Waals surface area contributed by atoms with Gasteiger partial charge >= 0.3 is 0 Å². The topological polar surface area (TPSA) is 92.2 Å². The highest BCUT2D eigenvalue weighted by Gasteiger charge is 2.42. The predicted octanol–water partition coefficient (Wildman–Crippen LogP) is 3.88. The van der Waals surface area contributed by atoms with Crippen LogP contribution in [0.2, 0.25) is 0 Å². The van der Waals surface area contributed by atoms with Crippen molar-refractivity contribution in [3.05, 3.63) is 108 Å². The van der Waals surface area contributed by atoms with E-state index in [4.69, 9.17) is 12.2 Å². The molecule has 8 nitrogen and oxygen atoms in total. The van der Waals surface area contributed by atoms with Crippen molar-refractivity contribution in [2.24, 2.45) is 0 Å². The fourth-order valence-corrected chi connectivity index (χ4v) is 5.25. The fourth-order valence-electron chi connectivity index (χ4n) is 4.34. The van der Waals surface area contributed by atoms with Gasteiger partial charge in [-0.15, -0.1) is 0 Å². The monoisotopic (exact) mass is 504 g/mol. The van der Waals surface area contributed by atoms with Gasteiger partial charge in [0.1, 0.15) is 6.04 Å². The van der Waals surface area contributed by atoms with Crippen molar-refractivity contribution in [1.29, 1.82) is 0 Å². The van der Waals surface area contributed by atoms with Crippen LogP contribution in [0.5, 0.6) is 0 Å². The van der Waals surface area contributed by atoms with E-state index in [2.05, 4.69) is 35.5 Å². The van der Waals surface area contributed by atoms with Crippen LogP contribution >= 0.6 is 12.2 Å². The maximum atomic E-state index is 11.6. The second-order valence-corrected chi connectivity index (χ2v) is 10.4. The average Bonchev–Trinajstić information content (AvgIpc) is 3.43. The number of hydrogen-bond donors (Lipinski definition) is 2. The molecule has 1 aliphatic rings. The molecule has 2 atom stereocenters. The van der Waals surface area contributed by atoms with Crippen LogP contribution in [0.25, 0.3) is 0 Å². The van der Waals surface area contributed by atoms with E-state index >= 15 is 0 Å². The third-order valence-corrected chi connectivity index (χ3v) is 6.69. The molecule has 5 rings (SSSR count). The van der Waals surface area contributed by atoms with E-state index in [0.29, 0.717) is 17.3 Å². The number of sulfonamides is 1. The van der Waals surface area contributed by atoms with E-state index < -0.39 is 10.0 Å². The molecular formula is C25H24N6O2S2. The van der Waals surface area contributed by atoms with Gasteiger partial charge in [0.15, 0.2) is 5.11 Å². The Bertz CT molecular complexity index is 1420. The lowest BCUT2D eigenvalue weighted by atomic mass is 10.0. The molecule has 0 spiro atoms. The molecule has 0 saturated carbocycles. The molecule has 35 heavy (non-hydrogen) atoms. The number of nitrogens with one attached hydrogen (secondary N) is 2. The van der Waals surface area contributed by atoms with Gasteiger partial charge in [0, 0.05) is 35.7 Å². The first-order chi connectivity index (χ1) is 16.9. The Hall–Kier alpha value is -3.76. The van der Waals surface area contributed by atoms with Crippen molar-refractivity contribution in [3.8, 4) is 0 Å². The van der Waals surface area contributed by atoms with Gasteiger partial charge in [0.05, 0.1) is 30.2 Å². The quantitative estimate of drug-likeness (QED) is 0.369. The predicted molar refractivity (Wildman–Crippen MR) is 141 cm³/mol. The Kier molecular flexibility index (Phi) is 6.23. The molecule has 0 unspecified atom stereocenters. The summed E-state index contributed by atoms with van der Waals surface area (Å²) in [6.45, 7) is 0.617. The van der Waals surface area contributed by atoms with Gasteiger partial charge in [-0.25, -0.2) is 8.42 Å². The molecule has 1 saturated heterocycles. The van der Waals surface area contributed by atoms with E-state index in [-0.39, 0.29) is 12.1 Å². The van der Waals surface area contributed by atoms with Crippen LogP contribution in [0.1, 0.15) is 29.2 Å². The molecule has 3 aromatic heterocycles. The minimum Gasteiger partial charge on any atom is -0.351 e. The number of hydrogen-bond acceptors (Lipinski definition) is 5. The SMILES string of the molecule is CS(=O)(=O)Nc1ccc(N2C(=S)N[C@@H](c3ccccn3)[C@@H]2c2cccn2Cc2ccccn2)cc1. The first-order valence-electron chi connectivity index (χ1n) is 11.0. The lowest BCUT2D eigenvalue weighted by Gasteiger charge is -2.29. The number of rotatable bonds is 7. The Labute approximate surface area is 209 Å². The van der Waals surface area contributed by atoms with Crippen molar-refractivity contribution in [2.45, 2.75) is 18.6 Å². The van der Waals surface area contributed by atoms with Crippen molar-refractivity contribution in [1.82, 2.24) is 19.9 Å². The van der Waals surface area contributed by atoms with Crippen LogP contribution in [0.4, 0.5) is 11.4 Å². The summed E-state index contributed by atoms with van der Waals surface area (Å²) in [6, 6.07) is 22.7. The third kappa shape index (κ3) is 5.03. The Morgan fingerprint density at radius 2 is 1.71 bits per heavy atom. The van der Waals surface area contributed by atoms with E-state index in [1.54, 1.807) is 24.5 Å². The van der Waals surface area contributed by atoms with E-state index in [9.17, 15) is 8.42 Å². The molecule has 0 bridgehead atoms. The summed E-state index contributed by atoms with van der Waals surface area (Å²) < 4.78 is 27.9. The van der Waals surface area contributed by atoms with E-state index in [1.165, 1.54) is 0 Å². The molecule has 178 valence electrons. The van der Waals surface area contributed by atoms with E-state index in [1.807, 2.05) is 60.8 Å². The van der Waals surface area contributed by atoms with Crippen LogP contribution in [-0.2, 0) is 16.6 Å². The second kappa shape index (κ2) is 9.47. The standard InChI is InChI=1S/C25H24N6O2S2/c1-35(32,33)29-18-10-12-20(13-11-18)31-24(23(28-25(31)34)21-8-3-5-15-27-21)22-9-6-16-30(22)17-19-7-2-4-14-26-19/h2-16,23-24,29H,17H2,1H3,(H,28,34)/t23-,24-/m0/s1. The first kappa shape index (κ1) is 23.0. The van der Waals surface area contributed by atoms with Crippen molar-refractivity contribution in [3.63, 3.8) is 0 Å². The van der Waals surface area contributed by atoms with Crippen LogP contribution in [0.15, 0.2) is 91.4 Å². The van der Waals surface area contributed by atoms with Gasteiger partial charge in [-0.3, -0.25) is 14.7 Å². The van der Waals surface area contributed by atoms with Gasteiger partial charge in [0.25, 0.3) is 0 Å². The summed E-state index contributed by atoms with van der Waals surface area (Å²) in [6.07, 6.45) is 6.74. The van der Waals surface area contributed by atoms with Gasteiger partial charge in [-0.2, -0.15) is 0 Å². The van der Waals surface area contributed by atoms with Crippen LogP contribution < -0.4 is 14.9 Å². The third-order valence-electron chi connectivity index (χ3n) is 5.77. The molecule has 10 heteroatoms. The summed E-state index contributed by atoms with van der Waals surface area (Å²) >= 11 is 5.80. The number of aromatic nitrogens is 3. The molecule has 0 amide bonds. The zero-order valence-corrected chi connectivity index (χ0v) is 20.6. The lowest BCUT2D eigenvalue weighted by molar-refractivity contribution is 0.532. The smallest absolute Gasteiger partial charge is 0.229 e. The fraction of sp³-hybridized carbons (Fsp3) is 0.160. The normalized spacial score (nSPS) is 17.9. The van der Waals surface area contributed by atoms with Crippen molar-refractivity contribution >= 4 is 38.7 Å². The Morgan fingerprint density at radius 1 is 0.971 bits per heavy atom. The van der Waals surface area contributed by atoms with E-state index in [0.717, 1.165) is 29.0 Å². The van der Waals surface area contributed by atoms with Crippen LogP contribution in [0.3, 0.4) is 0 Å². The minimum atomic E-state index is -3.37. The Morgan fingerprint density at radius 3 is 2.37 bits per heavy atom. The molecule has 2 N–H and O–H groups in total. The lowest BCUT2D eigenvalue weighted by Crippen LogP contribution is -2.30. The molecule has 1 aliphatic heterocycles. The molecule has 0 radical (unpaired) electrons. The van der Waals surface area contributed by atoms with Crippen LogP contribution in [0, 0.1) is 0 Å². The van der Waals surface area contributed by atoms with Crippen molar-refractivity contribution < 1.29 is 8.42 Å². The van der Waals surface area contributed by atoms with Gasteiger partial charge in [-0.1, -0.05) is 12.1 Å². The zero-order valence-electron chi connectivity index (χ0n) is 18.9. The minimum absolute atomic E-state index is 0.185. The molecule has 1 aromatic carbocycles. The number of thiocarbonyl (C=S) groups is 1. The average molecular weight is 505 g/mol. The zero-order chi connectivity index (χ0) is 24.4. The van der Waals surface area contributed by atoms with Crippen molar-refractivity contribution in [2.75, 3.05) is 15.9 Å². The number of anilines is 2. The number of benzene rings is 1. The maximum Gasteiger partial charge on any atom is 0.229 e. The Balaban J connectivity index is 1.55. The molecule has 4 aromatic rings. The molecule has 0 aliphatic carbocycles. The highest BCUT2D eigenvalue weighted by atomic mass is 32.2. The maximum absolute atomic E-state index is 11.6. The van der Waals surface area contributed by atoms with Crippen LogP contribution in [-0.4, -0.2) is 34.3 Å². The second-order valence-electron chi connectivity index (χ2n) is 8.30. The highest BCUT2D eigenvalue weighted by molar-refractivity contribution is 7.92. The van der Waals surface area contributed by atoms with Gasteiger partial charge < -0.3 is 14.8 Å². The highest BCUT2D eigenvalue weighted by Crippen LogP contribution is 2.42. The molecule has 1 fully saturated rings. The summed E-state index contributed by atoms with van der Waals surface area (Å²) in [5.74, 6) is 0. The first-order valence-corrected chi connectivity index (χ1v) is 13.3.